The van der Waals surface area contributed by atoms with Gasteiger partial charge in [-0.15, -0.1) is 0 Å². The van der Waals surface area contributed by atoms with Gasteiger partial charge < -0.3 is 34.8 Å². The van der Waals surface area contributed by atoms with Crippen LogP contribution in [-0.2, 0) is 31.3 Å². The van der Waals surface area contributed by atoms with Gasteiger partial charge in [0.05, 0.1) is 25.0 Å². The molecule has 2 saturated heterocycles. The van der Waals surface area contributed by atoms with Crippen molar-refractivity contribution in [3.05, 3.63) is 59.7 Å². The number of fused-ring (bicyclic) bond motifs is 2. The molecule has 1 spiro atoms. The van der Waals surface area contributed by atoms with Gasteiger partial charge in [0.15, 0.2) is 5.60 Å². The Morgan fingerprint density at radius 1 is 1.21 bits per heavy atom. The van der Waals surface area contributed by atoms with E-state index in [2.05, 4.69) is 16.0 Å². The molecule has 5 atom stereocenters. The smallest absolute Gasteiger partial charge is 0.261 e. The third kappa shape index (κ3) is 5.88. The minimum atomic E-state index is -3.45. The van der Waals surface area contributed by atoms with Gasteiger partial charge in [-0.3, -0.25) is 14.4 Å². The molecule has 226 valence electrons. The van der Waals surface area contributed by atoms with Gasteiger partial charge in [-0.1, -0.05) is 37.3 Å². The normalized spacial score (nSPS) is 27.0. The summed E-state index contributed by atoms with van der Waals surface area (Å²) in [5.74, 6) is -1.45. The SMILES string of the molecule is C[C@H]1[C@H]([Si](C)(C)F)[C@@H](CC(=O)N(CCO)Cc2ccccc2)O[C@]12C(=O)Nc1ccc(NC(=O)C3CCCNC3)cc12. The van der Waals surface area contributed by atoms with Crippen molar-refractivity contribution >= 4 is 37.5 Å². The van der Waals surface area contributed by atoms with Gasteiger partial charge in [0, 0.05) is 48.0 Å². The summed E-state index contributed by atoms with van der Waals surface area (Å²) < 4.78 is 22.6. The minimum absolute atomic E-state index is 0.0880. The summed E-state index contributed by atoms with van der Waals surface area (Å²) in [6, 6.07) is 14.7. The van der Waals surface area contributed by atoms with Gasteiger partial charge >= 0.3 is 0 Å². The number of ether oxygens (including phenoxy) is 1. The Kier molecular flexibility index (Phi) is 8.84. The molecule has 1 unspecified atom stereocenters. The number of halogens is 1. The van der Waals surface area contributed by atoms with Crippen molar-refractivity contribution in [2.24, 2.45) is 11.8 Å². The van der Waals surface area contributed by atoms with E-state index < -0.39 is 31.6 Å². The Labute approximate surface area is 247 Å². The third-order valence-electron chi connectivity index (χ3n) is 8.97. The number of anilines is 2. The number of rotatable bonds is 9. The molecule has 5 rings (SSSR count). The first kappa shape index (κ1) is 30.3. The molecule has 4 N–H and O–H groups in total. The topological polar surface area (TPSA) is 120 Å². The molecule has 9 nitrogen and oxygen atoms in total. The maximum Gasteiger partial charge on any atom is 0.261 e. The lowest BCUT2D eigenvalue weighted by Crippen LogP contribution is -2.42. The standard InChI is InChI=1S/C31H41FN4O5Si/c1-20-28(42(2,3)32)26(17-27(38)36(14-15-37)19-21-8-5-4-6-9-21)41-31(20)24-16-23(11-12-25(24)35-30(31)40)34-29(39)22-10-7-13-33-18-22/h4-6,8-9,11-12,16,20,22,26,28,33,37H,7,10,13-15,17-19H2,1-3H3,(H,34,39)(H,35,40)/t20-,22?,26+,28-,31+/m0/s1. The molecular weight excluding hydrogens is 555 g/mol. The molecule has 2 aromatic carbocycles. The van der Waals surface area contributed by atoms with E-state index in [-0.39, 0.29) is 43.2 Å². The lowest BCUT2D eigenvalue weighted by atomic mass is 9.82. The van der Waals surface area contributed by atoms with Gasteiger partial charge in [0.25, 0.3) is 5.91 Å². The van der Waals surface area contributed by atoms with E-state index in [4.69, 9.17) is 4.74 Å². The first-order valence-electron chi connectivity index (χ1n) is 14.8. The van der Waals surface area contributed by atoms with E-state index in [0.29, 0.717) is 30.0 Å². The zero-order valence-electron chi connectivity index (χ0n) is 24.5. The van der Waals surface area contributed by atoms with E-state index in [9.17, 15) is 19.5 Å². The summed E-state index contributed by atoms with van der Waals surface area (Å²) in [7, 11) is -3.45. The highest BCUT2D eigenvalue weighted by Crippen LogP contribution is 2.59. The highest BCUT2D eigenvalue weighted by molar-refractivity contribution is 6.72. The van der Waals surface area contributed by atoms with Crippen LogP contribution in [0.4, 0.5) is 15.5 Å². The maximum absolute atomic E-state index is 16.0. The highest BCUT2D eigenvalue weighted by Gasteiger charge is 2.65. The molecule has 3 aliphatic heterocycles. The van der Waals surface area contributed by atoms with E-state index >= 15 is 4.11 Å². The van der Waals surface area contributed by atoms with Crippen LogP contribution in [0.3, 0.4) is 0 Å². The van der Waals surface area contributed by atoms with E-state index in [1.54, 1.807) is 36.2 Å². The second-order valence-electron chi connectivity index (χ2n) is 12.2. The number of carbonyl (C=O) groups excluding carboxylic acids is 3. The number of nitrogens with one attached hydrogen (secondary N) is 3. The van der Waals surface area contributed by atoms with Crippen LogP contribution in [0.25, 0.3) is 0 Å². The molecule has 0 saturated carbocycles. The summed E-state index contributed by atoms with van der Waals surface area (Å²) in [5, 5.41) is 18.8. The predicted octanol–water partition coefficient (Wildman–Crippen LogP) is 3.76. The first-order chi connectivity index (χ1) is 20.0. The fourth-order valence-corrected chi connectivity index (χ4v) is 9.48. The van der Waals surface area contributed by atoms with Gasteiger partial charge in [0.2, 0.25) is 20.2 Å². The molecular formula is C31H41FN4O5Si. The van der Waals surface area contributed by atoms with E-state index in [1.807, 2.05) is 37.3 Å². The van der Waals surface area contributed by atoms with Gasteiger partial charge in [-0.2, -0.15) is 0 Å². The van der Waals surface area contributed by atoms with Crippen LogP contribution in [0, 0.1) is 11.8 Å². The van der Waals surface area contributed by atoms with Crippen molar-refractivity contribution in [2.75, 3.05) is 36.9 Å². The van der Waals surface area contributed by atoms with Crippen molar-refractivity contribution < 1.29 is 28.3 Å². The Morgan fingerprint density at radius 2 is 1.98 bits per heavy atom. The monoisotopic (exact) mass is 596 g/mol. The number of amides is 3. The number of carbonyl (C=O) groups is 3. The first-order valence-corrected chi connectivity index (χ1v) is 17.8. The molecule has 3 heterocycles. The zero-order valence-corrected chi connectivity index (χ0v) is 25.5. The molecule has 3 aliphatic rings. The average Bonchev–Trinajstić information content (AvgIpc) is 3.42. The number of hydrogen-bond donors (Lipinski definition) is 4. The van der Waals surface area contributed by atoms with Gasteiger partial charge in [-0.25, -0.2) is 0 Å². The summed E-state index contributed by atoms with van der Waals surface area (Å²) >= 11 is 0. The van der Waals surface area contributed by atoms with Crippen molar-refractivity contribution in [3.63, 3.8) is 0 Å². The van der Waals surface area contributed by atoms with Crippen LogP contribution in [0.2, 0.25) is 18.6 Å². The molecule has 0 aromatic heterocycles. The van der Waals surface area contributed by atoms with Crippen LogP contribution < -0.4 is 16.0 Å². The van der Waals surface area contributed by atoms with E-state index in [0.717, 1.165) is 24.9 Å². The predicted molar refractivity (Wildman–Crippen MR) is 161 cm³/mol. The zero-order chi connectivity index (χ0) is 30.1. The summed E-state index contributed by atoms with van der Waals surface area (Å²) in [6.45, 7) is 6.75. The maximum atomic E-state index is 16.0. The molecule has 42 heavy (non-hydrogen) atoms. The molecule has 3 amide bonds. The van der Waals surface area contributed by atoms with E-state index in [1.165, 1.54) is 0 Å². The Hall–Kier alpha value is -3.12. The Morgan fingerprint density at radius 3 is 2.64 bits per heavy atom. The molecule has 0 aliphatic carbocycles. The van der Waals surface area contributed by atoms with Crippen molar-refractivity contribution in [1.82, 2.24) is 10.2 Å². The largest absolute Gasteiger partial charge is 0.395 e. The second kappa shape index (κ2) is 12.2. The van der Waals surface area contributed by atoms with Crippen LogP contribution in [0.5, 0.6) is 0 Å². The lowest BCUT2D eigenvalue weighted by Gasteiger charge is -2.31. The minimum Gasteiger partial charge on any atom is -0.395 e. The Bertz CT molecular complexity index is 1320. The molecule has 2 fully saturated rings. The average molecular weight is 597 g/mol. The fraction of sp³-hybridized carbons (Fsp3) is 0.516. The number of aliphatic hydroxyl groups excluding tert-OH is 1. The van der Waals surface area contributed by atoms with Crippen molar-refractivity contribution in [1.29, 1.82) is 0 Å². The fourth-order valence-electron chi connectivity index (χ4n) is 6.98. The molecule has 0 radical (unpaired) electrons. The number of hydrogen-bond acceptors (Lipinski definition) is 6. The number of piperidine rings is 1. The number of benzene rings is 2. The van der Waals surface area contributed by atoms with Crippen LogP contribution in [0.1, 0.15) is 37.3 Å². The Balaban J connectivity index is 1.42. The van der Waals surface area contributed by atoms with Gasteiger partial charge in [-0.05, 0) is 56.2 Å². The number of aliphatic hydroxyl groups is 1. The summed E-state index contributed by atoms with van der Waals surface area (Å²) in [6.07, 6.45) is 0.789. The lowest BCUT2D eigenvalue weighted by molar-refractivity contribution is -0.148. The number of nitrogens with zero attached hydrogens (tertiary/aromatic N) is 1. The molecule has 2 aromatic rings. The van der Waals surface area contributed by atoms with Crippen LogP contribution in [0.15, 0.2) is 48.5 Å². The van der Waals surface area contributed by atoms with Crippen LogP contribution in [-0.4, -0.2) is 68.5 Å². The highest BCUT2D eigenvalue weighted by atomic mass is 28.4. The van der Waals surface area contributed by atoms with Crippen molar-refractivity contribution in [3.8, 4) is 0 Å². The quantitative estimate of drug-likeness (QED) is 0.259. The second-order valence-corrected chi connectivity index (χ2v) is 16.0. The van der Waals surface area contributed by atoms with Crippen LogP contribution >= 0.6 is 0 Å². The van der Waals surface area contributed by atoms with Gasteiger partial charge in [0.1, 0.15) is 0 Å². The molecule has 11 heteroatoms. The van der Waals surface area contributed by atoms with Crippen molar-refractivity contribution in [2.45, 2.75) is 63.1 Å². The third-order valence-corrected chi connectivity index (χ3v) is 11.4. The molecule has 0 bridgehead atoms. The summed E-state index contributed by atoms with van der Waals surface area (Å²) in [5.41, 5.74) is 0.429. The summed E-state index contributed by atoms with van der Waals surface area (Å²) in [4.78, 5) is 41.8.